The van der Waals surface area contributed by atoms with Crippen molar-refractivity contribution < 1.29 is 14.3 Å². The van der Waals surface area contributed by atoms with Gasteiger partial charge in [-0.1, -0.05) is 42.5 Å². The minimum atomic E-state index is -0.301. The lowest BCUT2D eigenvalue weighted by Gasteiger charge is -2.29. The van der Waals surface area contributed by atoms with Crippen LogP contribution >= 0.6 is 0 Å². The Balaban J connectivity index is 1.33. The Bertz CT molecular complexity index is 970. The molecular weight excluding hydrogens is 412 g/mol. The Morgan fingerprint density at radius 3 is 2.52 bits per heavy atom. The molecule has 0 radical (unpaired) electrons. The Kier molecular flexibility index (Phi) is 7.81. The van der Waals surface area contributed by atoms with Crippen LogP contribution in [-0.2, 0) is 33.7 Å². The predicted octanol–water partition coefficient (Wildman–Crippen LogP) is 4.61. The molecule has 1 saturated heterocycles. The van der Waals surface area contributed by atoms with Gasteiger partial charge in [-0.25, -0.2) is 0 Å². The average Bonchev–Trinajstić information content (AvgIpc) is 3.25. The maximum Gasteiger partial charge on any atom is 0.306 e. The number of amides is 1. The van der Waals surface area contributed by atoms with E-state index < -0.39 is 0 Å². The van der Waals surface area contributed by atoms with Gasteiger partial charge in [0, 0.05) is 32.1 Å². The number of carbonyl (C=O) groups excluding carboxylic acids is 2. The predicted molar refractivity (Wildman–Crippen MR) is 131 cm³/mol. The molecule has 33 heavy (non-hydrogen) atoms. The highest BCUT2D eigenvalue weighted by Gasteiger charge is 2.22. The topological polar surface area (TPSA) is 49.9 Å². The molecular formula is C28H36N2O3. The largest absolute Gasteiger partial charge is 0.466 e. The molecule has 2 aliphatic rings. The molecule has 5 heteroatoms. The third-order valence-electron chi connectivity index (χ3n) is 7.09. The Labute approximate surface area is 197 Å². The third-order valence-corrected chi connectivity index (χ3v) is 7.09. The molecule has 0 aliphatic carbocycles. The molecule has 1 amide bonds. The van der Waals surface area contributed by atoms with Crippen LogP contribution < -0.4 is 0 Å². The second-order valence-corrected chi connectivity index (χ2v) is 9.33. The van der Waals surface area contributed by atoms with E-state index in [0.717, 1.165) is 25.4 Å². The van der Waals surface area contributed by atoms with Crippen LogP contribution in [0.5, 0.6) is 0 Å². The van der Waals surface area contributed by atoms with E-state index >= 15 is 0 Å². The lowest BCUT2D eigenvalue weighted by molar-refractivity contribution is -0.145. The number of hydrogen-bond donors (Lipinski definition) is 0. The normalized spacial score (nSPS) is 18.2. The van der Waals surface area contributed by atoms with E-state index in [1.807, 2.05) is 4.90 Å². The maximum atomic E-state index is 12.5. The fourth-order valence-electron chi connectivity index (χ4n) is 5.01. The second-order valence-electron chi connectivity index (χ2n) is 9.33. The first-order chi connectivity index (χ1) is 16.0. The smallest absolute Gasteiger partial charge is 0.306 e. The molecule has 176 valence electrons. The number of hydrogen-bond acceptors (Lipinski definition) is 4. The van der Waals surface area contributed by atoms with Gasteiger partial charge in [-0.05, 0) is 73.9 Å². The van der Waals surface area contributed by atoms with Gasteiger partial charge in [-0.15, -0.1) is 0 Å². The van der Waals surface area contributed by atoms with E-state index in [2.05, 4.69) is 54.3 Å². The number of esters is 1. The van der Waals surface area contributed by atoms with Crippen LogP contribution in [0.4, 0.5) is 0 Å². The number of ether oxygens (including phenoxy) is 1. The first-order valence-electron chi connectivity index (χ1n) is 12.4. The van der Waals surface area contributed by atoms with Gasteiger partial charge < -0.3 is 14.5 Å². The lowest BCUT2D eigenvalue weighted by atomic mass is 9.94. The fraction of sp³-hybridized carbons (Fsp3) is 0.500. The van der Waals surface area contributed by atoms with E-state index in [1.54, 1.807) is 6.92 Å². The first kappa shape index (κ1) is 23.5. The summed E-state index contributed by atoms with van der Waals surface area (Å²) >= 11 is 0. The van der Waals surface area contributed by atoms with Crippen molar-refractivity contribution in [3.05, 3.63) is 59.2 Å². The van der Waals surface area contributed by atoms with Crippen molar-refractivity contribution in [2.24, 2.45) is 0 Å². The zero-order chi connectivity index (χ0) is 23.2. The van der Waals surface area contributed by atoms with Gasteiger partial charge in [0.2, 0.25) is 5.91 Å². The van der Waals surface area contributed by atoms with Gasteiger partial charge in [-0.3, -0.25) is 9.59 Å². The minimum absolute atomic E-state index is 0.0247. The maximum absolute atomic E-state index is 12.5. The van der Waals surface area contributed by atoms with Crippen molar-refractivity contribution in [2.75, 3.05) is 26.2 Å². The first-order valence-corrected chi connectivity index (χ1v) is 12.4. The van der Waals surface area contributed by atoms with Gasteiger partial charge in [-0.2, -0.15) is 0 Å². The van der Waals surface area contributed by atoms with Crippen LogP contribution in [0.15, 0.2) is 42.5 Å². The van der Waals surface area contributed by atoms with Crippen molar-refractivity contribution in [1.82, 2.24) is 9.80 Å². The molecule has 4 rings (SSSR count). The quantitative estimate of drug-likeness (QED) is 0.554. The van der Waals surface area contributed by atoms with Crippen LogP contribution in [0, 0.1) is 0 Å². The van der Waals surface area contributed by atoms with Gasteiger partial charge in [0.1, 0.15) is 0 Å². The molecule has 2 aromatic rings. The number of likely N-dealkylation sites (tertiary alicyclic amines) is 1. The molecule has 0 aromatic heterocycles. The van der Waals surface area contributed by atoms with Crippen molar-refractivity contribution in [3.8, 4) is 11.1 Å². The summed E-state index contributed by atoms with van der Waals surface area (Å²) in [5.74, 6) is -0.277. The van der Waals surface area contributed by atoms with Crippen LogP contribution in [0.2, 0.25) is 0 Å². The Morgan fingerprint density at radius 2 is 1.79 bits per heavy atom. The summed E-state index contributed by atoms with van der Waals surface area (Å²) in [6.07, 6.45) is 4.99. The summed E-state index contributed by atoms with van der Waals surface area (Å²) in [7, 11) is 0. The summed E-state index contributed by atoms with van der Waals surface area (Å²) in [6.45, 7) is 8.17. The Hall–Kier alpha value is -2.66. The molecule has 1 fully saturated rings. The highest BCUT2D eigenvalue weighted by Crippen LogP contribution is 2.27. The van der Waals surface area contributed by atoms with E-state index in [1.165, 1.54) is 47.2 Å². The highest BCUT2D eigenvalue weighted by molar-refractivity contribution is 5.81. The van der Waals surface area contributed by atoms with Crippen LogP contribution in [0.25, 0.3) is 11.1 Å². The van der Waals surface area contributed by atoms with E-state index in [4.69, 9.17) is 4.74 Å². The monoisotopic (exact) mass is 448 g/mol. The summed E-state index contributed by atoms with van der Waals surface area (Å²) in [6, 6.07) is 16.3. The molecule has 0 N–H and O–H groups in total. The number of benzene rings is 2. The van der Waals surface area contributed by atoms with Crippen molar-refractivity contribution in [3.63, 3.8) is 0 Å². The van der Waals surface area contributed by atoms with Gasteiger partial charge in [0.15, 0.2) is 0 Å². The van der Waals surface area contributed by atoms with Crippen LogP contribution in [0.1, 0.15) is 56.2 Å². The van der Waals surface area contributed by atoms with Crippen LogP contribution in [0.3, 0.4) is 0 Å². The van der Waals surface area contributed by atoms with E-state index in [9.17, 15) is 9.59 Å². The molecule has 2 aromatic carbocycles. The zero-order valence-electron chi connectivity index (χ0n) is 20.0. The molecule has 0 bridgehead atoms. The number of fused-ring (bicyclic) bond motifs is 1. The third kappa shape index (κ3) is 6.02. The SMILES string of the molecule is CCOC(=O)CCC(=O)N1CCc2cc(-c3ccc(CCN4CCCC4C)cc3)ccc2C1. The van der Waals surface area contributed by atoms with Crippen molar-refractivity contribution in [1.29, 1.82) is 0 Å². The number of carbonyl (C=O) groups is 2. The molecule has 2 heterocycles. The molecule has 0 spiro atoms. The van der Waals surface area contributed by atoms with E-state index in [-0.39, 0.29) is 24.7 Å². The molecule has 1 unspecified atom stereocenters. The number of nitrogens with zero attached hydrogens (tertiary/aromatic N) is 2. The number of rotatable bonds is 8. The summed E-state index contributed by atoms with van der Waals surface area (Å²) in [5, 5.41) is 0. The highest BCUT2D eigenvalue weighted by atomic mass is 16.5. The zero-order valence-corrected chi connectivity index (χ0v) is 20.0. The van der Waals surface area contributed by atoms with Crippen LogP contribution in [-0.4, -0.2) is 54.0 Å². The van der Waals surface area contributed by atoms with Gasteiger partial charge in [0.05, 0.1) is 13.0 Å². The second kappa shape index (κ2) is 11.0. The fourth-order valence-corrected chi connectivity index (χ4v) is 5.01. The van der Waals surface area contributed by atoms with Gasteiger partial charge in [0.25, 0.3) is 0 Å². The van der Waals surface area contributed by atoms with E-state index in [0.29, 0.717) is 19.7 Å². The molecule has 0 saturated carbocycles. The van der Waals surface area contributed by atoms with Gasteiger partial charge >= 0.3 is 5.97 Å². The summed E-state index contributed by atoms with van der Waals surface area (Å²) < 4.78 is 4.93. The van der Waals surface area contributed by atoms with Crippen molar-refractivity contribution in [2.45, 2.75) is 65.0 Å². The standard InChI is InChI=1S/C28H36N2O3/c1-3-33-28(32)13-12-27(31)30-18-15-25-19-24(10-11-26(25)20-30)23-8-6-22(7-9-23)14-17-29-16-4-5-21(29)2/h6-11,19,21H,3-5,12-18,20H2,1-2H3. The Morgan fingerprint density at radius 1 is 1.00 bits per heavy atom. The molecule has 2 aliphatic heterocycles. The summed E-state index contributed by atoms with van der Waals surface area (Å²) in [4.78, 5) is 28.5. The average molecular weight is 449 g/mol. The molecule has 5 nitrogen and oxygen atoms in total. The minimum Gasteiger partial charge on any atom is -0.466 e. The lowest BCUT2D eigenvalue weighted by Crippen LogP contribution is -2.36. The summed E-state index contributed by atoms with van der Waals surface area (Å²) in [5.41, 5.74) is 6.38. The van der Waals surface area contributed by atoms with Crippen molar-refractivity contribution >= 4 is 11.9 Å². The molecule has 1 atom stereocenters.